The third-order valence-corrected chi connectivity index (χ3v) is 11.7. The summed E-state index contributed by atoms with van der Waals surface area (Å²) >= 11 is 0. The number of phosphoric ester groups is 1. The normalized spacial score (nSPS) is 13.7. The van der Waals surface area contributed by atoms with Crippen LogP contribution in [0, 0.1) is 0 Å². The number of unbranched alkanes of at least 4 members (excludes halogenated alkanes) is 27. The summed E-state index contributed by atoms with van der Waals surface area (Å²) in [7, 11) is 1.47. The van der Waals surface area contributed by atoms with Gasteiger partial charge >= 0.3 is 19.8 Å². The third kappa shape index (κ3) is 45.8. The Morgan fingerprint density at radius 2 is 0.932 bits per heavy atom. The van der Waals surface area contributed by atoms with Crippen LogP contribution in [-0.2, 0) is 32.7 Å². The van der Waals surface area contributed by atoms with Crippen molar-refractivity contribution in [3.05, 3.63) is 24.3 Å². The van der Waals surface area contributed by atoms with Crippen molar-refractivity contribution in [2.75, 3.05) is 47.5 Å². The number of ether oxygens (including phenoxy) is 2. The van der Waals surface area contributed by atoms with E-state index in [0.29, 0.717) is 23.9 Å². The van der Waals surface area contributed by atoms with E-state index >= 15 is 0 Å². The Hall–Kier alpha value is -1.51. The highest BCUT2D eigenvalue weighted by molar-refractivity contribution is 7.47. The first kappa shape index (κ1) is 57.5. The van der Waals surface area contributed by atoms with Gasteiger partial charge in [-0.25, -0.2) is 4.57 Å². The fourth-order valence-electron chi connectivity index (χ4n) is 6.86. The second kappa shape index (κ2) is 41.8. The molecular formula is C49H95NO8P+. The van der Waals surface area contributed by atoms with E-state index in [4.69, 9.17) is 18.5 Å². The van der Waals surface area contributed by atoms with Crippen molar-refractivity contribution in [2.24, 2.45) is 0 Å². The van der Waals surface area contributed by atoms with Gasteiger partial charge in [0.15, 0.2) is 6.10 Å². The first-order chi connectivity index (χ1) is 28.5. The maximum atomic E-state index is 12.7. The minimum Gasteiger partial charge on any atom is -0.462 e. The van der Waals surface area contributed by atoms with Crippen LogP contribution in [0.1, 0.15) is 226 Å². The number of rotatable bonds is 45. The Morgan fingerprint density at radius 3 is 1.39 bits per heavy atom. The lowest BCUT2D eigenvalue weighted by molar-refractivity contribution is -0.870. The number of nitrogens with zero attached hydrogens (tertiary/aromatic N) is 1. The predicted molar refractivity (Wildman–Crippen MR) is 247 cm³/mol. The first-order valence-corrected chi connectivity index (χ1v) is 26.1. The van der Waals surface area contributed by atoms with Crippen LogP contribution in [0.2, 0.25) is 0 Å². The Labute approximate surface area is 364 Å². The van der Waals surface area contributed by atoms with Gasteiger partial charge in [-0.05, 0) is 38.5 Å². The molecule has 0 aromatic carbocycles. The van der Waals surface area contributed by atoms with Gasteiger partial charge in [-0.15, -0.1) is 0 Å². The van der Waals surface area contributed by atoms with Gasteiger partial charge in [-0.1, -0.05) is 199 Å². The minimum absolute atomic E-state index is 0.0307. The van der Waals surface area contributed by atoms with Gasteiger partial charge in [-0.2, -0.15) is 0 Å². The molecule has 0 radical (unpaired) electrons. The molecule has 0 aliphatic rings. The number of carbonyl (C=O) groups excluding carboxylic acids is 2. The third-order valence-electron chi connectivity index (χ3n) is 10.7. The van der Waals surface area contributed by atoms with E-state index in [1.54, 1.807) is 0 Å². The van der Waals surface area contributed by atoms with Gasteiger partial charge in [0.05, 0.1) is 27.7 Å². The standard InChI is InChI=1S/C49H94NO8P/c1-6-8-10-12-14-16-18-20-22-23-24-25-26-27-28-30-31-33-35-37-39-41-48(51)55-45-47(46-57-59(53,54)56-44-43-50(3,4)5)58-49(52)42-40-38-36-34-32-29-21-19-17-15-13-11-9-7-2/h13,15,19,21,47H,6-12,14,16-18,20,22-46H2,1-5H3/p+1/b15-13-,21-19-. The second-order valence-electron chi connectivity index (χ2n) is 17.9. The topological polar surface area (TPSA) is 108 Å². The van der Waals surface area contributed by atoms with Crippen LogP contribution in [0.25, 0.3) is 0 Å². The average molecular weight is 857 g/mol. The highest BCUT2D eigenvalue weighted by atomic mass is 31.2. The van der Waals surface area contributed by atoms with Crippen molar-refractivity contribution in [2.45, 2.75) is 232 Å². The van der Waals surface area contributed by atoms with Crippen LogP contribution in [0.3, 0.4) is 0 Å². The summed E-state index contributed by atoms with van der Waals surface area (Å²) in [6.45, 7) is 4.40. The number of phosphoric acid groups is 1. The summed E-state index contributed by atoms with van der Waals surface area (Å²) in [6.07, 6.45) is 46.6. The number of quaternary nitrogens is 1. The van der Waals surface area contributed by atoms with Crippen LogP contribution in [0.4, 0.5) is 0 Å². The molecule has 0 saturated carbocycles. The Balaban J connectivity index is 4.22. The highest BCUT2D eigenvalue weighted by Gasteiger charge is 2.27. The van der Waals surface area contributed by atoms with Crippen molar-refractivity contribution in [1.82, 2.24) is 0 Å². The number of likely N-dealkylation sites (N-methyl/N-ethyl adjacent to an activating group) is 1. The fraction of sp³-hybridized carbons (Fsp3) is 0.878. The predicted octanol–water partition coefficient (Wildman–Crippen LogP) is 14.3. The molecule has 0 rings (SSSR count). The molecule has 0 saturated heterocycles. The summed E-state index contributed by atoms with van der Waals surface area (Å²) in [5, 5.41) is 0. The molecule has 0 heterocycles. The van der Waals surface area contributed by atoms with Crippen LogP contribution >= 0.6 is 7.82 Å². The lowest BCUT2D eigenvalue weighted by Gasteiger charge is -2.24. The Kier molecular flexibility index (Phi) is 40.8. The number of hydrogen-bond donors (Lipinski definition) is 1. The van der Waals surface area contributed by atoms with Crippen molar-refractivity contribution in [1.29, 1.82) is 0 Å². The molecule has 0 aliphatic heterocycles. The molecule has 0 aromatic rings. The second-order valence-corrected chi connectivity index (χ2v) is 19.3. The zero-order valence-electron chi connectivity index (χ0n) is 39.2. The number of allylic oxidation sites excluding steroid dienone is 4. The molecule has 0 fully saturated rings. The van der Waals surface area contributed by atoms with Crippen molar-refractivity contribution in [3.8, 4) is 0 Å². The smallest absolute Gasteiger partial charge is 0.462 e. The van der Waals surface area contributed by atoms with Gasteiger partial charge < -0.3 is 18.9 Å². The quantitative estimate of drug-likeness (QED) is 0.0212. The monoisotopic (exact) mass is 857 g/mol. The van der Waals surface area contributed by atoms with Gasteiger partial charge in [0.25, 0.3) is 0 Å². The van der Waals surface area contributed by atoms with Crippen LogP contribution in [0.15, 0.2) is 24.3 Å². The van der Waals surface area contributed by atoms with Crippen LogP contribution < -0.4 is 0 Å². The van der Waals surface area contributed by atoms with Gasteiger partial charge in [-0.3, -0.25) is 18.6 Å². The van der Waals surface area contributed by atoms with E-state index in [1.807, 2.05) is 21.1 Å². The van der Waals surface area contributed by atoms with E-state index in [-0.39, 0.29) is 25.6 Å². The van der Waals surface area contributed by atoms with E-state index in [1.165, 1.54) is 128 Å². The van der Waals surface area contributed by atoms with Gasteiger partial charge in [0.2, 0.25) is 0 Å². The summed E-state index contributed by atoms with van der Waals surface area (Å²) in [5.74, 6) is -0.804. The van der Waals surface area contributed by atoms with E-state index in [0.717, 1.165) is 64.2 Å². The first-order valence-electron chi connectivity index (χ1n) is 24.6. The molecule has 0 aliphatic carbocycles. The maximum absolute atomic E-state index is 12.7. The van der Waals surface area contributed by atoms with E-state index in [9.17, 15) is 19.0 Å². The van der Waals surface area contributed by atoms with Gasteiger partial charge in [0.1, 0.15) is 19.8 Å². The molecule has 10 heteroatoms. The summed E-state index contributed by atoms with van der Waals surface area (Å²) in [4.78, 5) is 35.4. The Bertz CT molecular complexity index is 1060. The number of hydrogen-bond acceptors (Lipinski definition) is 7. The number of carbonyl (C=O) groups is 2. The highest BCUT2D eigenvalue weighted by Crippen LogP contribution is 2.43. The molecule has 2 unspecified atom stereocenters. The zero-order chi connectivity index (χ0) is 43.6. The van der Waals surface area contributed by atoms with E-state index in [2.05, 4.69) is 38.2 Å². The van der Waals surface area contributed by atoms with Crippen LogP contribution in [0.5, 0.6) is 0 Å². The summed E-state index contributed by atoms with van der Waals surface area (Å²) in [5.41, 5.74) is 0. The minimum atomic E-state index is -4.38. The molecule has 0 bridgehead atoms. The van der Waals surface area contributed by atoms with Crippen molar-refractivity contribution < 1.29 is 42.1 Å². The average Bonchev–Trinajstić information content (AvgIpc) is 3.19. The molecule has 0 spiro atoms. The van der Waals surface area contributed by atoms with Crippen molar-refractivity contribution >= 4 is 19.8 Å². The summed E-state index contributed by atoms with van der Waals surface area (Å²) in [6, 6.07) is 0. The molecule has 0 aromatic heterocycles. The van der Waals surface area contributed by atoms with Gasteiger partial charge in [0, 0.05) is 12.8 Å². The largest absolute Gasteiger partial charge is 0.472 e. The van der Waals surface area contributed by atoms with E-state index < -0.39 is 26.5 Å². The molecule has 2 atom stereocenters. The zero-order valence-corrected chi connectivity index (χ0v) is 40.1. The lowest BCUT2D eigenvalue weighted by atomic mass is 10.0. The number of esters is 2. The molecule has 59 heavy (non-hydrogen) atoms. The van der Waals surface area contributed by atoms with Crippen LogP contribution in [-0.4, -0.2) is 74.9 Å². The van der Waals surface area contributed by atoms with Crippen molar-refractivity contribution in [3.63, 3.8) is 0 Å². The molecule has 348 valence electrons. The lowest BCUT2D eigenvalue weighted by Crippen LogP contribution is -2.37. The fourth-order valence-corrected chi connectivity index (χ4v) is 7.60. The molecule has 1 N–H and O–H groups in total. The molecule has 9 nitrogen and oxygen atoms in total. The summed E-state index contributed by atoms with van der Waals surface area (Å²) < 4.78 is 34.4. The molecule has 0 amide bonds. The SMILES string of the molecule is CCCC/C=C\C/C=C\CCCCCCCC(=O)OC(COC(=O)CCCCCCCCCCCCCCCCCCCCCCC)COP(=O)(O)OCC[N+](C)(C)C. The Morgan fingerprint density at radius 1 is 0.525 bits per heavy atom. The molecular weight excluding hydrogens is 762 g/mol. The maximum Gasteiger partial charge on any atom is 0.472 e.